The molecule has 0 aromatic heterocycles. The Kier molecular flexibility index (Phi) is 6.40. The summed E-state index contributed by atoms with van der Waals surface area (Å²) in [5.74, 6) is -1.30. The first-order valence-corrected chi connectivity index (χ1v) is 4.88. The zero-order valence-corrected chi connectivity index (χ0v) is 8.51. The van der Waals surface area contributed by atoms with Gasteiger partial charge < -0.3 is 10.4 Å². The third kappa shape index (κ3) is 5.52. The normalized spacial score (nSPS) is 12.2. The summed E-state index contributed by atoms with van der Waals surface area (Å²) in [4.78, 5) is 21.5. The lowest BCUT2D eigenvalue weighted by Crippen LogP contribution is -2.41. The molecular weight excluding hydrogens is 190 g/mol. The Morgan fingerprint density at radius 1 is 1.54 bits per heavy atom. The molecule has 0 saturated carbocycles. The lowest BCUT2D eigenvalue weighted by atomic mass is 10.1. The fourth-order valence-electron chi connectivity index (χ4n) is 0.906. The average molecular weight is 205 g/mol. The van der Waals surface area contributed by atoms with Crippen molar-refractivity contribution in [2.45, 2.75) is 32.2 Å². The quantitative estimate of drug-likeness (QED) is 0.558. The van der Waals surface area contributed by atoms with Crippen molar-refractivity contribution < 1.29 is 14.7 Å². The van der Waals surface area contributed by atoms with Crippen molar-refractivity contribution in [2.75, 3.05) is 5.75 Å². The number of thiol groups is 1. The second-order valence-corrected chi connectivity index (χ2v) is 3.07. The number of carboxylic acid groups (broad SMARTS) is 1. The van der Waals surface area contributed by atoms with E-state index in [-0.39, 0.29) is 11.7 Å². The molecule has 1 atom stereocenters. The maximum atomic E-state index is 10.8. The van der Waals surface area contributed by atoms with E-state index < -0.39 is 12.0 Å². The van der Waals surface area contributed by atoms with E-state index in [4.69, 9.17) is 5.11 Å². The van der Waals surface area contributed by atoms with Crippen molar-refractivity contribution >= 4 is 24.5 Å². The number of carboxylic acids is 1. The molecule has 4 nitrogen and oxygen atoms in total. The highest BCUT2D eigenvalue weighted by molar-refractivity contribution is 7.81. The largest absolute Gasteiger partial charge is 0.480 e. The van der Waals surface area contributed by atoms with E-state index in [0.717, 1.165) is 12.8 Å². The molecule has 0 rings (SSSR count). The number of hydrogen-bond acceptors (Lipinski definition) is 3. The Balaban J connectivity index is 3.94. The van der Waals surface area contributed by atoms with E-state index >= 15 is 0 Å². The molecule has 0 fully saturated rings. The van der Waals surface area contributed by atoms with E-state index in [1.165, 1.54) is 0 Å². The van der Waals surface area contributed by atoms with E-state index in [0.29, 0.717) is 6.42 Å². The molecule has 0 aliphatic rings. The number of unbranched alkanes of at least 4 members (excludes halogenated alkanes) is 1. The number of carbonyl (C=O) groups is 2. The van der Waals surface area contributed by atoms with Crippen molar-refractivity contribution in [1.29, 1.82) is 0 Å². The van der Waals surface area contributed by atoms with Crippen molar-refractivity contribution in [2.24, 2.45) is 0 Å². The van der Waals surface area contributed by atoms with Crippen molar-refractivity contribution in [3.05, 3.63) is 0 Å². The van der Waals surface area contributed by atoms with Gasteiger partial charge in [-0.3, -0.25) is 4.79 Å². The lowest BCUT2D eigenvalue weighted by molar-refractivity contribution is -0.141. The molecule has 76 valence electrons. The highest BCUT2D eigenvalue weighted by atomic mass is 32.1. The van der Waals surface area contributed by atoms with Gasteiger partial charge in [-0.05, 0) is 6.42 Å². The summed E-state index contributed by atoms with van der Waals surface area (Å²) < 4.78 is 0. The van der Waals surface area contributed by atoms with Gasteiger partial charge in [0.05, 0.1) is 5.75 Å². The molecule has 0 aromatic rings. The Hall–Kier alpha value is -0.710. The van der Waals surface area contributed by atoms with Crippen molar-refractivity contribution in [1.82, 2.24) is 5.32 Å². The molecule has 0 spiro atoms. The first kappa shape index (κ1) is 12.3. The lowest BCUT2D eigenvalue weighted by Gasteiger charge is -2.12. The number of amides is 1. The maximum Gasteiger partial charge on any atom is 0.326 e. The van der Waals surface area contributed by atoms with E-state index in [9.17, 15) is 9.59 Å². The van der Waals surface area contributed by atoms with Crippen LogP contribution in [0, 0.1) is 0 Å². The summed E-state index contributed by atoms with van der Waals surface area (Å²) in [5, 5.41) is 11.1. The van der Waals surface area contributed by atoms with Gasteiger partial charge in [-0.15, -0.1) is 0 Å². The van der Waals surface area contributed by atoms with E-state index in [1.807, 2.05) is 6.92 Å². The summed E-state index contributed by atoms with van der Waals surface area (Å²) in [5.41, 5.74) is 0. The van der Waals surface area contributed by atoms with Gasteiger partial charge in [-0.1, -0.05) is 19.8 Å². The summed E-state index contributed by atoms with van der Waals surface area (Å²) >= 11 is 3.74. The second-order valence-electron chi connectivity index (χ2n) is 2.76. The van der Waals surface area contributed by atoms with Gasteiger partial charge in [0.25, 0.3) is 0 Å². The first-order chi connectivity index (χ1) is 6.11. The number of aliphatic carboxylic acids is 1. The fourth-order valence-corrected chi connectivity index (χ4v) is 0.997. The van der Waals surface area contributed by atoms with Crippen LogP contribution in [-0.2, 0) is 9.59 Å². The zero-order chi connectivity index (χ0) is 10.3. The topological polar surface area (TPSA) is 66.4 Å². The van der Waals surface area contributed by atoms with Crippen molar-refractivity contribution in [3.63, 3.8) is 0 Å². The molecule has 0 aliphatic carbocycles. The number of hydrogen-bond donors (Lipinski definition) is 3. The van der Waals surface area contributed by atoms with Crippen LogP contribution in [0.5, 0.6) is 0 Å². The summed E-state index contributed by atoms with van der Waals surface area (Å²) in [6, 6.07) is -0.764. The molecule has 1 unspecified atom stereocenters. The van der Waals surface area contributed by atoms with E-state index in [1.54, 1.807) is 0 Å². The van der Waals surface area contributed by atoms with Crippen LogP contribution < -0.4 is 5.32 Å². The number of rotatable bonds is 6. The van der Waals surface area contributed by atoms with Gasteiger partial charge in [0.2, 0.25) is 5.91 Å². The highest BCUT2D eigenvalue weighted by Crippen LogP contribution is 2.00. The summed E-state index contributed by atoms with van der Waals surface area (Å²) in [6.07, 6.45) is 2.19. The monoisotopic (exact) mass is 205 g/mol. The molecule has 0 heterocycles. The van der Waals surface area contributed by atoms with Crippen LogP contribution in [0.2, 0.25) is 0 Å². The number of carbonyl (C=O) groups excluding carboxylic acids is 1. The van der Waals surface area contributed by atoms with Crippen LogP contribution in [0.25, 0.3) is 0 Å². The third-order valence-electron chi connectivity index (χ3n) is 1.62. The van der Waals surface area contributed by atoms with Gasteiger partial charge in [-0.25, -0.2) is 4.79 Å². The molecule has 0 radical (unpaired) electrons. The Morgan fingerprint density at radius 2 is 2.15 bits per heavy atom. The van der Waals surface area contributed by atoms with Crippen LogP contribution in [0.15, 0.2) is 0 Å². The minimum absolute atomic E-state index is 0.0237. The van der Waals surface area contributed by atoms with E-state index in [2.05, 4.69) is 17.9 Å². The van der Waals surface area contributed by atoms with Gasteiger partial charge >= 0.3 is 5.97 Å². The molecule has 0 bridgehead atoms. The SMILES string of the molecule is CCCCC(NC(=O)CS)C(=O)O. The molecular formula is C8H15NO3S. The van der Waals surface area contributed by atoms with Gasteiger partial charge in [0, 0.05) is 0 Å². The Morgan fingerprint density at radius 3 is 2.54 bits per heavy atom. The Bertz CT molecular complexity index is 184. The predicted octanol–water partition coefficient (Wildman–Crippen LogP) is 0.676. The van der Waals surface area contributed by atoms with Crippen LogP contribution in [0.4, 0.5) is 0 Å². The third-order valence-corrected chi connectivity index (χ3v) is 1.91. The maximum absolute atomic E-state index is 10.8. The van der Waals surface area contributed by atoms with Crippen LogP contribution in [0.3, 0.4) is 0 Å². The fraction of sp³-hybridized carbons (Fsp3) is 0.750. The average Bonchev–Trinajstić information content (AvgIpc) is 2.11. The Labute approximate surface area is 83.1 Å². The molecule has 0 aromatic carbocycles. The molecule has 0 aliphatic heterocycles. The minimum Gasteiger partial charge on any atom is -0.480 e. The highest BCUT2D eigenvalue weighted by Gasteiger charge is 2.17. The predicted molar refractivity (Wildman–Crippen MR) is 52.9 cm³/mol. The zero-order valence-electron chi connectivity index (χ0n) is 7.62. The molecule has 13 heavy (non-hydrogen) atoms. The molecule has 2 N–H and O–H groups in total. The molecule has 5 heteroatoms. The number of nitrogens with one attached hydrogen (secondary N) is 1. The standard InChI is InChI=1S/C8H15NO3S/c1-2-3-4-6(8(11)12)9-7(10)5-13/h6,13H,2-5H2,1H3,(H,9,10)(H,11,12). The minimum atomic E-state index is -0.983. The molecule has 1 amide bonds. The van der Waals surface area contributed by atoms with Crippen LogP contribution in [0.1, 0.15) is 26.2 Å². The smallest absolute Gasteiger partial charge is 0.326 e. The van der Waals surface area contributed by atoms with Crippen molar-refractivity contribution in [3.8, 4) is 0 Å². The van der Waals surface area contributed by atoms with Gasteiger partial charge in [-0.2, -0.15) is 12.6 Å². The van der Waals surface area contributed by atoms with Crippen LogP contribution in [-0.4, -0.2) is 28.8 Å². The van der Waals surface area contributed by atoms with Crippen LogP contribution >= 0.6 is 12.6 Å². The van der Waals surface area contributed by atoms with Gasteiger partial charge in [0.1, 0.15) is 6.04 Å². The molecule has 0 saturated heterocycles. The summed E-state index contributed by atoms with van der Waals surface area (Å²) in [7, 11) is 0. The van der Waals surface area contributed by atoms with Gasteiger partial charge in [0.15, 0.2) is 0 Å². The first-order valence-electron chi connectivity index (χ1n) is 4.24. The summed E-state index contributed by atoms with van der Waals surface area (Å²) in [6.45, 7) is 1.97. The second kappa shape index (κ2) is 6.77.